The van der Waals surface area contributed by atoms with Gasteiger partial charge in [-0.15, -0.1) is 0 Å². The third-order valence-corrected chi connectivity index (χ3v) is 3.16. The number of hydrogen-bond acceptors (Lipinski definition) is 5. The fourth-order valence-electron chi connectivity index (χ4n) is 1.38. The topological polar surface area (TPSA) is 68.6 Å². The molecule has 0 rings (SSSR count). The Labute approximate surface area is 122 Å². The van der Waals surface area contributed by atoms with Crippen molar-refractivity contribution in [3.8, 4) is 6.07 Å². The highest BCUT2D eigenvalue weighted by Gasteiger charge is 2.29. The van der Waals surface area contributed by atoms with Crippen molar-refractivity contribution in [2.75, 3.05) is 39.6 Å². The van der Waals surface area contributed by atoms with E-state index in [4.69, 9.17) is 19.5 Å². The van der Waals surface area contributed by atoms with E-state index in [2.05, 4.69) is 6.92 Å². The number of Topliss-reactive ketones (excluding diaryl/α,β-unsaturated/α-hetero) is 1. The van der Waals surface area contributed by atoms with Gasteiger partial charge >= 0.3 is 0 Å². The number of ether oxygens (including phenoxy) is 3. The van der Waals surface area contributed by atoms with E-state index >= 15 is 0 Å². The van der Waals surface area contributed by atoms with Crippen molar-refractivity contribution in [3.63, 3.8) is 0 Å². The predicted molar refractivity (Wildman–Crippen MR) is 76.4 cm³/mol. The number of carbonyl (C=O) groups excluding carboxylic acids is 1. The minimum absolute atomic E-state index is 0.121. The number of rotatable bonds is 13. The van der Waals surface area contributed by atoms with Crippen LogP contribution in [-0.2, 0) is 19.0 Å². The molecular formula is C15H27NO4. The molecule has 0 aliphatic rings. The zero-order valence-corrected chi connectivity index (χ0v) is 12.9. The second kappa shape index (κ2) is 11.8. The van der Waals surface area contributed by atoms with Crippen molar-refractivity contribution >= 4 is 5.78 Å². The third-order valence-electron chi connectivity index (χ3n) is 3.16. The van der Waals surface area contributed by atoms with Crippen molar-refractivity contribution in [1.29, 1.82) is 5.26 Å². The molecule has 1 unspecified atom stereocenters. The summed E-state index contributed by atoms with van der Waals surface area (Å²) in [4.78, 5) is 11.3. The maximum absolute atomic E-state index is 11.3. The molecule has 5 heteroatoms. The van der Waals surface area contributed by atoms with E-state index in [1.165, 1.54) is 6.92 Å². The molecule has 1 atom stereocenters. The third kappa shape index (κ3) is 9.03. The fourth-order valence-corrected chi connectivity index (χ4v) is 1.38. The molecule has 0 aliphatic carbocycles. The second-order valence-corrected chi connectivity index (χ2v) is 4.94. The monoisotopic (exact) mass is 285 g/mol. The van der Waals surface area contributed by atoms with Crippen molar-refractivity contribution < 1.29 is 19.0 Å². The van der Waals surface area contributed by atoms with Gasteiger partial charge in [0.05, 0.1) is 32.5 Å². The van der Waals surface area contributed by atoms with Crippen LogP contribution in [-0.4, -0.2) is 45.4 Å². The van der Waals surface area contributed by atoms with Gasteiger partial charge < -0.3 is 14.2 Å². The Morgan fingerprint density at radius 1 is 1.05 bits per heavy atom. The standard InChI is InChI=1S/C15H27NO4/c1-4-5-7-18-9-11-20-12-10-19-8-6-15(3,13-16)14(2)17/h4-12H2,1-3H3. The van der Waals surface area contributed by atoms with Crippen molar-refractivity contribution in [2.45, 2.75) is 40.0 Å². The minimum Gasteiger partial charge on any atom is -0.379 e. The molecule has 0 spiro atoms. The molecule has 5 nitrogen and oxygen atoms in total. The van der Waals surface area contributed by atoms with Crippen LogP contribution in [0.5, 0.6) is 0 Å². The largest absolute Gasteiger partial charge is 0.379 e. The Balaban J connectivity index is 3.37. The Kier molecular flexibility index (Phi) is 11.3. The lowest BCUT2D eigenvalue weighted by atomic mass is 9.85. The number of hydrogen-bond donors (Lipinski definition) is 0. The summed E-state index contributed by atoms with van der Waals surface area (Å²) in [5, 5.41) is 8.95. The molecule has 0 aromatic carbocycles. The number of nitriles is 1. The van der Waals surface area contributed by atoms with Crippen molar-refractivity contribution in [2.24, 2.45) is 5.41 Å². The van der Waals surface area contributed by atoms with E-state index in [9.17, 15) is 4.79 Å². The van der Waals surface area contributed by atoms with Crippen LogP contribution in [0.3, 0.4) is 0 Å². The Morgan fingerprint density at radius 2 is 1.55 bits per heavy atom. The van der Waals surface area contributed by atoms with Crippen LogP contribution in [0.1, 0.15) is 40.0 Å². The molecule has 0 saturated carbocycles. The molecule has 0 saturated heterocycles. The first-order valence-electron chi connectivity index (χ1n) is 7.22. The van der Waals surface area contributed by atoms with Gasteiger partial charge in [0.15, 0.2) is 0 Å². The van der Waals surface area contributed by atoms with Crippen molar-refractivity contribution in [1.82, 2.24) is 0 Å². The maximum Gasteiger partial charge on any atom is 0.149 e. The fraction of sp³-hybridized carbons (Fsp3) is 0.867. The average molecular weight is 285 g/mol. The summed E-state index contributed by atoms with van der Waals surface area (Å²) in [5.41, 5.74) is -0.937. The Hall–Kier alpha value is -0.960. The van der Waals surface area contributed by atoms with Crippen LogP contribution in [0.15, 0.2) is 0 Å². The van der Waals surface area contributed by atoms with E-state index in [-0.39, 0.29) is 5.78 Å². The van der Waals surface area contributed by atoms with Gasteiger partial charge in [-0.3, -0.25) is 4.79 Å². The molecule has 0 aliphatic heterocycles. The van der Waals surface area contributed by atoms with Crippen LogP contribution < -0.4 is 0 Å². The second-order valence-electron chi connectivity index (χ2n) is 4.94. The summed E-state index contributed by atoms with van der Waals surface area (Å²) in [6.45, 7) is 8.52. The summed E-state index contributed by atoms with van der Waals surface area (Å²) in [6.07, 6.45) is 2.63. The SMILES string of the molecule is CCCCOCCOCCOCCC(C)(C#N)C(C)=O. The summed E-state index contributed by atoms with van der Waals surface area (Å²) in [5.74, 6) is -0.121. The summed E-state index contributed by atoms with van der Waals surface area (Å²) >= 11 is 0. The zero-order valence-electron chi connectivity index (χ0n) is 12.9. The number of ketones is 1. The van der Waals surface area contributed by atoms with Gasteiger partial charge in [0.2, 0.25) is 0 Å². The molecule has 0 N–H and O–H groups in total. The van der Waals surface area contributed by atoms with Gasteiger partial charge in [0.1, 0.15) is 11.2 Å². The molecule has 0 aromatic heterocycles. The Bertz CT molecular complexity index is 301. The van der Waals surface area contributed by atoms with Crippen LogP contribution in [0.2, 0.25) is 0 Å². The van der Waals surface area contributed by atoms with Crippen LogP contribution in [0, 0.1) is 16.7 Å². The van der Waals surface area contributed by atoms with Crippen LogP contribution >= 0.6 is 0 Å². The van der Waals surface area contributed by atoms with Crippen LogP contribution in [0.25, 0.3) is 0 Å². The zero-order chi connectivity index (χ0) is 15.3. The molecule has 0 fully saturated rings. The summed E-state index contributed by atoms with van der Waals surface area (Å²) in [6, 6.07) is 2.04. The lowest BCUT2D eigenvalue weighted by Gasteiger charge is -2.17. The highest BCUT2D eigenvalue weighted by atomic mass is 16.5. The lowest BCUT2D eigenvalue weighted by molar-refractivity contribution is -0.124. The molecular weight excluding hydrogens is 258 g/mol. The molecule has 0 heterocycles. The van der Waals surface area contributed by atoms with Crippen molar-refractivity contribution in [3.05, 3.63) is 0 Å². The maximum atomic E-state index is 11.3. The number of nitrogens with zero attached hydrogens (tertiary/aromatic N) is 1. The molecule has 0 amide bonds. The predicted octanol–water partition coefficient (Wildman–Crippen LogP) is 2.35. The summed E-state index contributed by atoms with van der Waals surface area (Å²) in [7, 11) is 0. The molecule has 0 bridgehead atoms. The highest BCUT2D eigenvalue weighted by molar-refractivity contribution is 5.84. The van der Waals surface area contributed by atoms with Crippen LogP contribution in [0.4, 0.5) is 0 Å². The van der Waals surface area contributed by atoms with Gasteiger partial charge in [0, 0.05) is 13.2 Å². The molecule has 0 aromatic rings. The smallest absolute Gasteiger partial charge is 0.149 e. The van der Waals surface area contributed by atoms with E-state index in [1.54, 1.807) is 6.92 Å². The van der Waals surface area contributed by atoms with Gasteiger partial charge in [-0.2, -0.15) is 5.26 Å². The number of carbonyl (C=O) groups is 1. The first kappa shape index (κ1) is 19.0. The normalized spacial score (nSPS) is 13.7. The molecule has 116 valence electrons. The van der Waals surface area contributed by atoms with Gasteiger partial charge in [0.25, 0.3) is 0 Å². The molecule has 20 heavy (non-hydrogen) atoms. The van der Waals surface area contributed by atoms with E-state index in [0.717, 1.165) is 19.4 Å². The highest BCUT2D eigenvalue weighted by Crippen LogP contribution is 2.21. The van der Waals surface area contributed by atoms with Gasteiger partial charge in [-0.25, -0.2) is 0 Å². The first-order chi connectivity index (χ1) is 9.56. The number of unbranched alkanes of at least 4 members (excludes halogenated alkanes) is 1. The quantitative estimate of drug-likeness (QED) is 0.486. The first-order valence-corrected chi connectivity index (χ1v) is 7.22. The van der Waals surface area contributed by atoms with E-state index in [1.807, 2.05) is 6.07 Å². The van der Waals surface area contributed by atoms with E-state index in [0.29, 0.717) is 39.5 Å². The van der Waals surface area contributed by atoms with E-state index < -0.39 is 5.41 Å². The Morgan fingerprint density at radius 3 is 2.00 bits per heavy atom. The average Bonchev–Trinajstić information content (AvgIpc) is 2.44. The lowest BCUT2D eigenvalue weighted by Crippen LogP contribution is -2.25. The molecule has 0 radical (unpaired) electrons. The minimum atomic E-state index is -0.937. The van der Waals surface area contributed by atoms with Gasteiger partial charge in [-0.05, 0) is 26.7 Å². The summed E-state index contributed by atoms with van der Waals surface area (Å²) < 4.78 is 16.0. The van der Waals surface area contributed by atoms with Gasteiger partial charge in [-0.1, -0.05) is 13.3 Å².